The average molecular weight is 360 g/mol. The van der Waals surface area contributed by atoms with Crippen molar-refractivity contribution in [1.29, 1.82) is 0 Å². The van der Waals surface area contributed by atoms with Crippen LogP contribution in [-0.4, -0.2) is 44.8 Å². The lowest BCUT2D eigenvalue weighted by atomic mass is 9.79. The fraction of sp³-hybridized carbons (Fsp3) is 0.944. The number of hydrogen-bond donors (Lipinski definition) is 2. The van der Waals surface area contributed by atoms with Crippen LogP contribution in [0.3, 0.4) is 0 Å². The van der Waals surface area contributed by atoms with Crippen LogP contribution in [0.2, 0.25) is 18.1 Å². The molecule has 0 aromatic carbocycles. The Kier molecular flexibility index (Phi) is 7.47. The average Bonchev–Trinajstić information content (AvgIpc) is 2.46. The van der Waals surface area contributed by atoms with Crippen LogP contribution in [0.4, 0.5) is 0 Å². The van der Waals surface area contributed by atoms with Crippen molar-refractivity contribution in [2.45, 2.75) is 89.8 Å². The fourth-order valence-electron chi connectivity index (χ4n) is 3.25. The van der Waals surface area contributed by atoms with E-state index in [0.29, 0.717) is 5.92 Å². The zero-order valence-corrected chi connectivity index (χ0v) is 17.5. The number of carboxylic acids is 1. The molecule has 24 heavy (non-hydrogen) atoms. The number of carbonyl (C=O) groups is 1. The van der Waals surface area contributed by atoms with Crippen molar-refractivity contribution < 1.29 is 19.1 Å². The van der Waals surface area contributed by atoms with Crippen LogP contribution in [0.15, 0.2) is 0 Å². The largest absolute Gasteiger partial charge is 0.480 e. The Bertz CT molecular complexity index is 422. The SMILES string of the molecule is CO[C@@H]1CC(C[C@@H](C)[C@H](N)C(=O)O)CCC1O[Si](C)(C)C(C)(C)C. The molecule has 6 heteroatoms. The third-order valence-corrected chi connectivity index (χ3v) is 10.5. The van der Waals surface area contributed by atoms with E-state index in [-0.39, 0.29) is 23.2 Å². The van der Waals surface area contributed by atoms with Crippen LogP contribution in [0.5, 0.6) is 0 Å². The molecule has 1 aliphatic rings. The number of hydrogen-bond acceptors (Lipinski definition) is 4. The van der Waals surface area contributed by atoms with Crippen molar-refractivity contribution in [3.63, 3.8) is 0 Å². The molecule has 1 rings (SSSR count). The minimum absolute atomic E-state index is 0.0251. The number of aliphatic carboxylic acids is 1. The van der Waals surface area contributed by atoms with Gasteiger partial charge in [0.15, 0.2) is 8.32 Å². The van der Waals surface area contributed by atoms with E-state index in [9.17, 15) is 4.79 Å². The molecule has 0 saturated heterocycles. The van der Waals surface area contributed by atoms with Crippen molar-refractivity contribution in [2.75, 3.05) is 7.11 Å². The molecule has 0 bridgehead atoms. The molecule has 0 aliphatic heterocycles. The lowest BCUT2D eigenvalue weighted by Crippen LogP contribution is -2.49. The number of ether oxygens (including phenoxy) is 1. The highest BCUT2D eigenvalue weighted by Crippen LogP contribution is 2.41. The molecule has 3 N–H and O–H groups in total. The van der Waals surface area contributed by atoms with Gasteiger partial charge < -0.3 is 20.0 Å². The quantitative estimate of drug-likeness (QED) is 0.678. The molecule has 0 spiro atoms. The summed E-state index contributed by atoms with van der Waals surface area (Å²) in [4.78, 5) is 11.0. The van der Waals surface area contributed by atoms with Gasteiger partial charge in [-0.15, -0.1) is 0 Å². The molecule has 2 unspecified atom stereocenters. The van der Waals surface area contributed by atoms with Crippen LogP contribution in [0.1, 0.15) is 53.4 Å². The second kappa shape index (κ2) is 8.30. The van der Waals surface area contributed by atoms with Crippen LogP contribution >= 0.6 is 0 Å². The molecular formula is C18H37NO4Si. The minimum atomic E-state index is -1.81. The third-order valence-electron chi connectivity index (χ3n) is 6.00. The number of nitrogens with two attached hydrogens (primary N) is 1. The molecule has 5 atom stereocenters. The van der Waals surface area contributed by atoms with E-state index < -0.39 is 20.3 Å². The predicted octanol–water partition coefficient (Wildman–Crippen LogP) is 3.63. The summed E-state index contributed by atoms with van der Waals surface area (Å²) >= 11 is 0. The van der Waals surface area contributed by atoms with Crippen LogP contribution in [0.25, 0.3) is 0 Å². The van der Waals surface area contributed by atoms with Crippen LogP contribution < -0.4 is 5.73 Å². The first-order chi connectivity index (χ1) is 10.9. The van der Waals surface area contributed by atoms with E-state index in [1.807, 2.05) is 6.92 Å². The highest BCUT2D eigenvalue weighted by atomic mass is 28.4. The van der Waals surface area contributed by atoms with Gasteiger partial charge in [0.2, 0.25) is 0 Å². The normalized spacial score (nSPS) is 28.4. The predicted molar refractivity (Wildman–Crippen MR) is 99.6 cm³/mol. The maximum absolute atomic E-state index is 11.0. The molecule has 1 saturated carbocycles. The first-order valence-corrected chi connectivity index (χ1v) is 12.0. The summed E-state index contributed by atoms with van der Waals surface area (Å²) in [6.07, 6.45) is 4.02. The Morgan fingerprint density at radius 3 is 2.33 bits per heavy atom. The summed E-state index contributed by atoms with van der Waals surface area (Å²) in [6.45, 7) is 13.2. The Morgan fingerprint density at radius 1 is 1.29 bits per heavy atom. The Balaban J connectivity index is 2.65. The highest BCUT2D eigenvalue weighted by Gasteiger charge is 2.42. The maximum atomic E-state index is 11.0. The van der Waals surface area contributed by atoms with Gasteiger partial charge in [0.05, 0.1) is 12.2 Å². The van der Waals surface area contributed by atoms with Crippen molar-refractivity contribution in [2.24, 2.45) is 17.6 Å². The second-order valence-electron chi connectivity index (χ2n) is 8.95. The van der Waals surface area contributed by atoms with Crippen molar-refractivity contribution in [1.82, 2.24) is 0 Å². The van der Waals surface area contributed by atoms with Crippen molar-refractivity contribution in [3.8, 4) is 0 Å². The number of methoxy groups -OCH3 is 1. The molecule has 0 radical (unpaired) electrons. The van der Waals surface area contributed by atoms with E-state index in [4.69, 9.17) is 20.0 Å². The first-order valence-electron chi connectivity index (χ1n) is 9.08. The molecule has 142 valence electrons. The first kappa shape index (κ1) is 21.6. The lowest BCUT2D eigenvalue weighted by molar-refractivity contribution is -0.140. The summed E-state index contributed by atoms with van der Waals surface area (Å²) in [7, 11) is -0.0635. The van der Waals surface area contributed by atoms with Gasteiger partial charge in [-0.3, -0.25) is 4.79 Å². The Hall–Kier alpha value is -0.433. The lowest BCUT2D eigenvalue weighted by Gasteiger charge is -2.44. The van der Waals surface area contributed by atoms with Crippen LogP contribution in [-0.2, 0) is 14.0 Å². The summed E-state index contributed by atoms with van der Waals surface area (Å²) in [5.74, 6) is -0.488. The van der Waals surface area contributed by atoms with Gasteiger partial charge in [-0.25, -0.2) is 0 Å². The summed E-state index contributed by atoms with van der Waals surface area (Å²) < 4.78 is 12.3. The monoisotopic (exact) mass is 359 g/mol. The Morgan fingerprint density at radius 2 is 1.88 bits per heavy atom. The zero-order valence-electron chi connectivity index (χ0n) is 16.5. The smallest absolute Gasteiger partial charge is 0.320 e. The Labute approximate surface area is 148 Å². The van der Waals surface area contributed by atoms with Gasteiger partial charge in [0.25, 0.3) is 0 Å². The second-order valence-corrected chi connectivity index (χ2v) is 13.7. The molecule has 5 nitrogen and oxygen atoms in total. The van der Waals surface area contributed by atoms with Gasteiger partial charge in [-0.05, 0) is 55.7 Å². The van der Waals surface area contributed by atoms with E-state index in [2.05, 4.69) is 33.9 Å². The van der Waals surface area contributed by atoms with E-state index in [1.165, 1.54) is 0 Å². The zero-order chi connectivity index (χ0) is 18.7. The topological polar surface area (TPSA) is 81.8 Å². The molecule has 0 aromatic rings. The third kappa shape index (κ3) is 5.54. The van der Waals surface area contributed by atoms with Crippen molar-refractivity contribution >= 4 is 14.3 Å². The van der Waals surface area contributed by atoms with E-state index in [1.54, 1.807) is 7.11 Å². The summed E-state index contributed by atoms with van der Waals surface area (Å²) in [5.41, 5.74) is 5.75. The molecule has 0 heterocycles. The summed E-state index contributed by atoms with van der Waals surface area (Å²) in [5, 5.41) is 9.25. The molecule has 1 aliphatic carbocycles. The standard InChI is InChI=1S/C18H37NO4Si/c1-12(16(19)17(20)21)10-13-8-9-14(15(11-13)22-5)23-24(6,7)18(2,3)4/h12-16H,8-11,19H2,1-7H3,(H,20,21)/t12-,13?,14?,15-,16+/m1/s1. The number of rotatable bonds is 7. The minimum Gasteiger partial charge on any atom is -0.480 e. The molecule has 1 fully saturated rings. The van der Waals surface area contributed by atoms with E-state index in [0.717, 1.165) is 25.7 Å². The van der Waals surface area contributed by atoms with Gasteiger partial charge in [0, 0.05) is 7.11 Å². The molecular weight excluding hydrogens is 322 g/mol. The van der Waals surface area contributed by atoms with Gasteiger partial charge >= 0.3 is 5.97 Å². The fourth-order valence-corrected chi connectivity index (χ4v) is 4.63. The molecule has 0 amide bonds. The highest BCUT2D eigenvalue weighted by molar-refractivity contribution is 6.74. The number of carboxylic acid groups (broad SMARTS) is 1. The van der Waals surface area contributed by atoms with Crippen LogP contribution in [0, 0.1) is 11.8 Å². The molecule has 0 aromatic heterocycles. The van der Waals surface area contributed by atoms with Gasteiger partial charge in [-0.2, -0.15) is 0 Å². The summed E-state index contributed by atoms with van der Waals surface area (Å²) in [6, 6.07) is -0.785. The van der Waals surface area contributed by atoms with Crippen molar-refractivity contribution in [3.05, 3.63) is 0 Å². The maximum Gasteiger partial charge on any atom is 0.320 e. The van der Waals surface area contributed by atoms with E-state index >= 15 is 0 Å². The van der Waals surface area contributed by atoms with Gasteiger partial charge in [0.1, 0.15) is 6.04 Å². The van der Waals surface area contributed by atoms with Gasteiger partial charge in [-0.1, -0.05) is 27.7 Å².